The summed E-state index contributed by atoms with van der Waals surface area (Å²) in [4.78, 5) is 0. The van der Waals surface area contributed by atoms with Crippen LogP contribution in [0.3, 0.4) is 0 Å². The largest absolute Gasteiger partial charge is 0.390 e. The van der Waals surface area contributed by atoms with Gasteiger partial charge in [0, 0.05) is 7.05 Å². The van der Waals surface area contributed by atoms with Gasteiger partial charge in [0.1, 0.15) is 5.82 Å². The monoisotopic (exact) mass is 139 g/mol. The molecule has 0 fully saturated rings. The fourth-order valence-electron chi connectivity index (χ4n) is 0.578. The third-order valence-electron chi connectivity index (χ3n) is 1.14. The molecule has 4 heteroatoms. The lowest BCUT2D eigenvalue weighted by atomic mass is 10.4. The number of aliphatic hydroxyl groups excluding tert-OH is 1. The Morgan fingerprint density at radius 2 is 2.30 bits per heavy atom. The number of hydrogen-bond acceptors (Lipinski definition) is 4. The number of rotatable bonds is 2. The minimum absolute atomic E-state index is 0.0585. The van der Waals surface area contributed by atoms with Crippen LogP contribution in [0.15, 0.2) is 12.1 Å². The maximum atomic E-state index is 8.58. The second kappa shape index (κ2) is 3.12. The van der Waals surface area contributed by atoms with Crippen LogP contribution in [0.4, 0.5) is 5.82 Å². The zero-order valence-electron chi connectivity index (χ0n) is 5.70. The van der Waals surface area contributed by atoms with E-state index in [2.05, 4.69) is 15.5 Å². The first-order chi connectivity index (χ1) is 4.86. The van der Waals surface area contributed by atoms with Crippen LogP contribution in [0, 0.1) is 0 Å². The molecule has 0 aliphatic heterocycles. The van der Waals surface area contributed by atoms with Crippen molar-refractivity contribution in [3.63, 3.8) is 0 Å². The van der Waals surface area contributed by atoms with Crippen LogP contribution in [0.1, 0.15) is 5.69 Å². The standard InChI is InChI=1S/C6H9N3O/c1-7-6-3-2-5(4-10)8-9-6/h2-3,10H,4H2,1H3,(H,7,9). The van der Waals surface area contributed by atoms with Gasteiger partial charge in [0.25, 0.3) is 0 Å². The molecule has 0 bridgehead atoms. The molecule has 1 rings (SSSR count). The maximum absolute atomic E-state index is 8.58. The van der Waals surface area contributed by atoms with Gasteiger partial charge in [-0.05, 0) is 12.1 Å². The average molecular weight is 139 g/mol. The van der Waals surface area contributed by atoms with E-state index in [9.17, 15) is 0 Å². The summed E-state index contributed by atoms with van der Waals surface area (Å²) >= 11 is 0. The number of nitrogens with one attached hydrogen (secondary N) is 1. The minimum atomic E-state index is -0.0585. The summed E-state index contributed by atoms with van der Waals surface area (Å²) < 4.78 is 0. The van der Waals surface area contributed by atoms with Crippen molar-refractivity contribution in [2.24, 2.45) is 0 Å². The van der Waals surface area contributed by atoms with Crippen molar-refractivity contribution in [1.29, 1.82) is 0 Å². The van der Waals surface area contributed by atoms with Crippen LogP contribution in [0.25, 0.3) is 0 Å². The van der Waals surface area contributed by atoms with Gasteiger partial charge < -0.3 is 10.4 Å². The third-order valence-corrected chi connectivity index (χ3v) is 1.14. The van der Waals surface area contributed by atoms with Crippen molar-refractivity contribution >= 4 is 5.82 Å². The average Bonchev–Trinajstić information content (AvgIpc) is 2.05. The predicted octanol–water partition coefficient (Wildman–Crippen LogP) is 0.0106. The van der Waals surface area contributed by atoms with Gasteiger partial charge in [-0.1, -0.05) is 0 Å². The normalized spacial score (nSPS) is 9.40. The summed E-state index contributed by atoms with van der Waals surface area (Å²) in [6.45, 7) is -0.0585. The van der Waals surface area contributed by atoms with E-state index in [0.717, 1.165) is 0 Å². The van der Waals surface area contributed by atoms with Crippen molar-refractivity contribution in [2.75, 3.05) is 12.4 Å². The fourth-order valence-corrected chi connectivity index (χ4v) is 0.578. The van der Waals surface area contributed by atoms with Crippen LogP contribution in [0.5, 0.6) is 0 Å². The summed E-state index contributed by atoms with van der Waals surface area (Å²) in [5.74, 6) is 0.706. The van der Waals surface area contributed by atoms with Crippen LogP contribution in [-0.4, -0.2) is 22.4 Å². The lowest BCUT2D eigenvalue weighted by molar-refractivity contribution is 0.275. The number of aromatic nitrogens is 2. The molecular formula is C6H9N3O. The molecule has 0 aliphatic rings. The van der Waals surface area contributed by atoms with Gasteiger partial charge in [0.2, 0.25) is 0 Å². The lowest BCUT2D eigenvalue weighted by Crippen LogP contribution is -1.97. The molecule has 4 nitrogen and oxygen atoms in total. The van der Waals surface area contributed by atoms with Crippen LogP contribution in [-0.2, 0) is 6.61 Å². The first-order valence-corrected chi connectivity index (χ1v) is 2.98. The maximum Gasteiger partial charge on any atom is 0.148 e. The van der Waals surface area contributed by atoms with Crippen LogP contribution >= 0.6 is 0 Å². The van der Waals surface area contributed by atoms with E-state index in [4.69, 9.17) is 5.11 Å². The topological polar surface area (TPSA) is 58.0 Å². The molecule has 0 atom stereocenters. The van der Waals surface area contributed by atoms with E-state index in [-0.39, 0.29) is 6.61 Å². The molecule has 0 spiro atoms. The van der Waals surface area contributed by atoms with E-state index in [0.29, 0.717) is 11.5 Å². The molecule has 0 aromatic carbocycles. The van der Waals surface area contributed by atoms with E-state index in [1.807, 2.05) is 0 Å². The Kier molecular flexibility index (Phi) is 2.17. The van der Waals surface area contributed by atoms with Gasteiger partial charge in [-0.15, -0.1) is 5.10 Å². The summed E-state index contributed by atoms with van der Waals surface area (Å²) in [5.41, 5.74) is 0.582. The minimum Gasteiger partial charge on any atom is -0.390 e. The molecule has 54 valence electrons. The molecule has 10 heavy (non-hydrogen) atoms. The van der Waals surface area contributed by atoms with Gasteiger partial charge >= 0.3 is 0 Å². The molecule has 1 aromatic rings. The van der Waals surface area contributed by atoms with E-state index >= 15 is 0 Å². The van der Waals surface area contributed by atoms with Crippen molar-refractivity contribution in [1.82, 2.24) is 10.2 Å². The zero-order valence-corrected chi connectivity index (χ0v) is 5.70. The molecule has 0 saturated carbocycles. The molecule has 0 radical (unpaired) electrons. The Morgan fingerprint density at radius 1 is 1.50 bits per heavy atom. The van der Waals surface area contributed by atoms with Crippen molar-refractivity contribution in [2.45, 2.75) is 6.61 Å². The van der Waals surface area contributed by atoms with Gasteiger partial charge in [-0.2, -0.15) is 5.10 Å². The summed E-state index contributed by atoms with van der Waals surface area (Å²) in [6.07, 6.45) is 0. The van der Waals surface area contributed by atoms with Gasteiger partial charge in [0.05, 0.1) is 12.3 Å². The molecule has 1 aromatic heterocycles. The Hall–Kier alpha value is -1.16. The van der Waals surface area contributed by atoms with E-state index < -0.39 is 0 Å². The number of anilines is 1. The second-order valence-electron chi connectivity index (χ2n) is 1.82. The lowest BCUT2D eigenvalue weighted by Gasteiger charge is -1.96. The molecular weight excluding hydrogens is 130 g/mol. The van der Waals surface area contributed by atoms with E-state index in [1.165, 1.54) is 0 Å². The van der Waals surface area contributed by atoms with E-state index in [1.54, 1.807) is 19.2 Å². The van der Waals surface area contributed by atoms with Crippen molar-refractivity contribution in [3.8, 4) is 0 Å². The predicted molar refractivity (Wildman–Crippen MR) is 37.5 cm³/mol. The number of nitrogens with zero attached hydrogens (tertiary/aromatic N) is 2. The van der Waals surface area contributed by atoms with Gasteiger partial charge in [0.15, 0.2) is 0 Å². The first kappa shape index (κ1) is 6.95. The van der Waals surface area contributed by atoms with Gasteiger partial charge in [-0.25, -0.2) is 0 Å². The second-order valence-corrected chi connectivity index (χ2v) is 1.82. The van der Waals surface area contributed by atoms with Crippen LogP contribution in [0.2, 0.25) is 0 Å². The molecule has 0 unspecified atom stereocenters. The van der Waals surface area contributed by atoms with Crippen molar-refractivity contribution < 1.29 is 5.11 Å². The number of aliphatic hydroxyl groups is 1. The van der Waals surface area contributed by atoms with Crippen molar-refractivity contribution in [3.05, 3.63) is 17.8 Å². The Bertz CT molecular complexity index is 174. The smallest absolute Gasteiger partial charge is 0.148 e. The SMILES string of the molecule is CNc1ccc(CO)nn1. The zero-order chi connectivity index (χ0) is 7.40. The third kappa shape index (κ3) is 1.41. The molecule has 1 heterocycles. The number of hydrogen-bond donors (Lipinski definition) is 2. The van der Waals surface area contributed by atoms with Gasteiger partial charge in [-0.3, -0.25) is 0 Å². The molecule has 0 saturated heterocycles. The highest BCUT2D eigenvalue weighted by Gasteiger charge is 1.91. The highest BCUT2D eigenvalue weighted by Crippen LogP contribution is 1.99. The fraction of sp³-hybridized carbons (Fsp3) is 0.333. The Morgan fingerprint density at radius 3 is 2.70 bits per heavy atom. The summed E-state index contributed by atoms with van der Waals surface area (Å²) in [7, 11) is 1.77. The summed E-state index contributed by atoms with van der Waals surface area (Å²) in [5, 5.41) is 18.9. The Labute approximate surface area is 58.9 Å². The molecule has 0 amide bonds. The van der Waals surface area contributed by atoms with Crippen LogP contribution < -0.4 is 5.32 Å². The molecule has 2 N–H and O–H groups in total. The first-order valence-electron chi connectivity index (χ1n) is 2.98. The molecule has 0 aliphatic carbocycles. The highest BCUT2D eigenvalue weighted by atomic mass is 16.3. The summed E-state index contributed by atoms with van der Waals surface area (Å²) in [6, 6.07) is 3.48. The quantitative estimate of drug-likeness (QED) is 0.606. The Balaban J connectivity index is 2.80. The highest BCUT2D eigenvalue weighted by molar-refractivity contribution is 5.31.